The highest BCUT2D eigenvalue weighted by atomic mass is 16.7. The maximum Gasteiger partial charge on any atom is 0.197 e. The Morgan fingerprint density at radius 1 is 0.812 bits per heavy atom. The van der Waals surface area contributed by atoms with Gasteiger partial charge in [-0.05, 0) is 97.7 Å². The predicted molar refractivity (Wildman–Crippen MR) is 121 cm³/mol. The van der Waals surface area contributed by atoms with E-state index in [1.54, 1.807) is 0 Å². The van der Waals surface area contributed by atoms with Crippen molar-refractivity contribution in [1.82, 2.24) is 0 Å². The molecule has 2 saturated heterocycles. The molecule has 0 bridgehead atoms. The fourth-order valence-corrected chi connectivity index (χ4v) is 10.4. The van der Waals surface area contributed by atoms with Crippen molar-refractivity contribution in [3.05, 3.63) is 0 Å². The summed E-state index contributed by atoms with van der Waals surface area (Å²) in [7, 11) is 0. The first-order valence-corrected chi connectivity index (χ1v) is 13.5. The topological polar surface area (TPSA) is 79.2 Å². The van der Waals surface area contributed by atoms with Crippen molar-refractivity contribution in [3.63, 3.8) is 0 Å². The van der Waals surface area contributed by atoms with E-state index in [1.807, 2.05) is 0 Å². The molecule has 2 aliphatic heterocycles. The lowest BCUT2D eigenvalue weighted by atomic mass is 9.43. The molecule has 11 unspecified atom stereocenters. The van der Waals surface area contributed by atoms with E-state index in [1.165, 1.54) is 12.8 Å². The molecule has 4 aliphatic carbocycles. The summed E-state index contributed by atoms with van der Waals surface area (Å²) in [5, 5.41) is 32.6. The third-order valence-corrected chi connectivity index (χ3v) is 11.9. The molecule has 2 heterocycles. The van der Waals surface area contributed by atoms with Gasteiger partial charge in [-0.2, -0.15) is 0 Å². The van der Waals surface area contributed by atoms with Gasteiger partial charge in [0.05, 0.1) is 24.9 Å². The Kier molecular flexibility index (Phi) is 4.99. The third kappa shape index (κ3) is 2.75. The molecule has 0 aromatic heterocycles. The van der Waals surface area contributed by atoms with Crippen LogP contribution in [0, 0.1) is 52.3 Å². The molecular formula is C27H44O5. The van der Waals surface area contributed by atoms with Gasteiger partial charge in [0.15, 0.2) is 5.79 Å². The lowest BCUT2D eigenvalue weighted by molar-refractivity contribution is -0.316. The van der Waals surface area contributed by atoms with Crippen LogP contribution in [0.1, 0.15) is 79.1 Å². The van der Waals surface area contributed by atoms with Gasteiger partial charge in [0.1, 0.15) is 6.10 Å². The number of ether oxygens (including phenoxy) is 2. The largest absolute Gasteiger partial charge is 0.393 e. The molecule has 14 atom stereocenters. The number of hydrogen-bond donors (Lipinski definition) is 3. The van der Waals surface area contributed by atoms with E-state index in [9.17, 15) is 15.3 Å². The fraction of sp³-hybridized carbons (Fsp3) is 1.00. The molecule has 0 aromatic carbocycles. The van der Waals surface area contributed by atoms with Crippen LogP contribution in [0.2, 0.25) is 0 Å². The number of fused-ring (bicyclic) bond motifs is 7. The van der Waals surface area contributed by atoms with E-state index < -0.39 is 11.9 Å². The van der Waals surface area contributed by atoms with Crippen molar-refractivity contribution < 1.29 is 24.8 Å². The minimum absolute atomic E-state index is 0.146. The van der Waals surface area contributed by atoms with E-state index in [0.717, 1.165) is 38.5 Å². The van der Waals surface area contributed by atoms with Gasteiger partial charge in [-0.3, -0.25) is 0 Å². The lowest BCUT2D eigenvalue weighted by Crippen LogP contribution is -2.59. The Labute approximate surface area is 193 Å². The zero-order valence-electron chi connectivity index (χ0n) is 20.4. The van der Waals surface area contributed by atoms with Crippen molar-refractivity contribution in [2.75, 3.05) is 6.61 Å². The van der Waals surface area contributed by atoms with Crippen LogP contribution in [0.4, 0.5) is 0 Å². The minimum Gasteiger partial charge on any atom is -0.393 e. The van der Waals surface area contributed by atoms with Crippen LogP contribution in [0.5, 0.6) is 0 Å². The highest BCUT2D eigenvalue weighted by Gasteiger charge is 2.71. The van der Waals surface area contributed by atoms with Gasteiger partial charge >= 0.3 is 0 Å². The van der Waals surface area contributed by atoms with Crippen molar-refractivity contribution in [2.45, 2.75) is 109 Å². The van der Waals surface area contributed by atoms with E-state index >= 15 is 0 Å². The van der Waals surface area contributed by atoms with Crippen LogP contribution >= 0.6 is 0 Å². The van der Waals surface area contributed by atoms with E-state index in [0.29, 0.717) is 36.2 Å². The highest BCUT2D eigenvalue weighted by molar-refractivity contribution is 5.17. The molecule has 0 radical (unpaired) electrons. The molecular weight excluding hydrogens is 404 g/mol. The molecule has 3 N–H and O–H groups in total. The first kappa shape index (κ1) is 22.3. The van der Waals surface area contributed by atoms with Crippen LogP contribution in [-0.2, 0) is 9.47 Å². The van der Waals surface area contributed by atoms with Gasteiger partial charge in [0.2, 0.25) is 0 Å². The molecule has 5 nitrogen and oxygen atoms in total. The first-order valence-electron chi connectivity index (χ1n) is 13.5. The average molecular weight is 449 g/mol. The third-order valence-electron chi connectivity index (χ3n) is 11.9. The average Bonchev–Trinajstić information content (AvgIpc) is 3.18. The molecule has 6 aliphatic rings. The van der Waals surface area contributed by atoms with Crippen LogP contribution < -0.4 is 0 Å². The van der Waals surface area contributed by atoms with Crippen molar-refractivity contribution in [2.24, 2.45) is 52.3 Å². The first-order chi connectivity index (χ1) is 15.1. The fourth-order valence-electron chi connectivity index (χ4n) is 10.4. The molecule has 6 fully saturated rings. The Hall–Kier alpha value is -0.200. The molecule has 0 aromatic rings. The molecule has 0 amide bonds. The van der Waals surface area contributed by atoms with Gasteiger partial charge in [0.25, 0.3) is 0 Å². The molecule has 4 saturated carbocycles. The number of rotatable bonds is 0. The van der Waals surface area contributed by atoms with Crippen molar-refractivity contribution in [3.8, 4) is 0 Å². The summed E-state index contributed by atoms with van der Waals surface area (Å²) in [5.41, 5.74) is 0.324. The summed E-state index contributed by atoms with van der Waals surface area (Å²) in [6.07, 6.45) is 6.86. The van der Waals surface area contributed by atoms with Crippen molar-refractivity contribution in [1.29, 1.82) is 0 Å². The lowest BCUT2D eigenvalue weighted by Gasteiger charge is -2.62. The van der Waals surface area contributed by atoms with E-state index in [4.69, 9.17) is 9.47 Å². The Morgan fingerprint density at radius 2 is 1.56 bits per heavy atom. The summed E-state index contributed by atoms with van der Waals surface area (Å²) in [6, 6.07) is 0. The van der Waals surface area contributed by atoms with E-state index in [2.05, 4.69) is 27.7 Å². The van der Waals surface area contributed by atoms with E-state index in [-0.39, 0.29) is 41.0 Å². The normalized spacial score (nSPS) is 64.0. The second-order valence-electron chi connectivity index (χ2n) is 13.4. The summed E-state index contributed by atoms with van der Waals surface area (Å²) >= 11 is 0. The number of hydrogen-bond acceptors (Lipinski definition) is 5. The van der Waals surface area contributed by atoms with Gasteiger partial charge in [-0.15, -0.1) is 0 Å². The van der Waals surface area contributed by atoms with Crippen LogP contribution in [0.25, 0.3) is 0 Å². The highest BCUT2D eigenvalue weighted by Crippen LogP contribution is 2.71. The van der Waals surface area contributed by atoms with Gasteiger partial charge in [-0.25, -0.2) is 0 Å². The predicted octanol–water partition coefficient (Wildman–Crippen LogP) is 3.74. The van der Waals surface area contributed by atoms with Gasteiger partial charge in [0, 0.05) is 5.92 Å². The minimum atomic E-state index is -0.824. The maximum atomic E-state index is 11.2. The summed E-state index contributed by atoms with van der Waals surface area (Å²) < 4.78 is 13.0. The molecule has 1 spiro atoms. The summed E-state index contributed by atoms with van der Waals surface area (Å²) in [6.45, 7) is 9.98. The number of aliphatic hydroxyl groups excluding tert-OH is 3. The quantitative estimate of drug-likeness (QED) is 0.526. The maximum absolute atomic E-state index is 11.2. The zero-order chi connectivity index (χ0) is 22.6. The van der Waals surface area contributed by atoms with Gasteiger partial charge in [-0.1, -0.05) is 27.7 Å². The number of aliphatic hydroxyl groups is 3. The molecule has 6 rings (SSSR count). The Morgan fingerprint density at radius 3 is 2.31 bits per heavy atom. The summed E-state index contributed by atoms with van der Waals surface area (Å²) in [4.78, 5) is 0. The van der Waals surface area contributed by atoms with Crippen LogP contribution in [-0.4, -0.2) is 52.1 Å². The Bertz CT molecular complexity index is 758. The Balaban J connectivity index is 1.29. The summed E-state index contributed by atoms with van der Waals surface area (Å²) in [5.74, 6) is 2.12. The monoisotopic (exact) mass is 448 g/mol. The SMILES string of the molecule is CC1COC2(OC3CC4C5CC(O)C6C[C@@H](O)CC[C@]6(C)C5CC[C@]4(C)C3C2C)C(O)C1. The van der Waals surface area contributed by atoms with Crippen molar-refractivity contribution >= 4 is 0 Å². The van der Waals surface area contributed by atoms with Gasteiger partial charge < -0.3 is 24.8 Å². The second-order valence-corrected chi connectivity index (χ2v) is 13.4. The molecule has 32 heavy (non-hydrogen) atoms. The second kappa shape index (κ2) is 7.16. The molecule has 5 heteroatoms. The zero-order valence-corrected chi connectivity index (χ0v) is 20.4. The molecule has 182 valence electrons. The van der Waals surface area contributed by atoms with Crippen LogP contribution in [0.3, 0.4) is 0 Å². The standard InChI is InChI=1S/C27H44O5/c1-14-9-23(30)27(31-13-14)15(2)24-22(32-27)12-19-17-11-21(29)20-10-16(28)5-7-25(20,3)18(17)6-8-26(19,24)4/h14-24,28-30H,5-13H2,1-4H3/t14?,15?,16-,17?,18?,19?,20?,21?,22?,23?,24?,25+,26-,27?/m0/s1. The van der Waals surface area contributed by atoms with Crippen LogP contribution in [0.15, 0.2) is 0 Å². The smallest absolute Gasteiger partial charge is 0.197 e.